The van der Waals surface area contributed by atoms with E-state index in [0.717, 1.165) is 19.6 Å². The topological polar surface area (TPSA) is 33.3 Å². The van der Waals surface area contributed by atoms with Crippen LogP contribution in [-0.2, 0) is 4.74 Å². The van der Waals surface area contributed by atoms with Crippen molar-refractivity contribution >= 4 is 0 Å². The van der Waals surface area contributed by atoms with Crippen LogP contribution in [0, 0.1) is 5.41 Å². The second-order valence-corrected chi connectivity index (χ2v) is 6.88. The highest BCUT2D eigenvalue weighted by molar-refractivity contribution is 5.04. The summed E-state index contributed by atoms with van der Waals surface area (Å²) in [6.07, 6.45) is 5.59. The van der Waals surface area contributed by atoms with E-state index in [1.54, 1.807) is 0 Å². The maximum absolute atomic E-state index is 5.78. The van der Waals surface area contributed by atoms with E-state index < -0.39 is 0 Å². The van der Waals surface area contributed by atoms with E-state index >= 15 is 0 Å². The molecule has 1 aliphatic heterocycles. The molecule has 2 aliphatic rings. The van der Waals surface area contributed by atoms with E-state index in [2.05, 4.69) is 38.3 Å². The van der Waals surface area contributed by atoms with E-state index in [4.69, 9.17) is 4.74 Å². The zero-order valence-corrected chi connectivity index (χ0v) is 12.5. The average molecular weight is 254 g/mol. The summed E-state index contributed by atoms with van der Waals surface area (Å²) in [5, 5.41) is 7.43. The van der Waals surface area contributed by atoms with Crippen molar-refractivity contribution < 1.29 is 4.74 Å². The van der Waals surface area contributed by atoms with Gasteiger partial charge in [0.05, 0.1) is 6.10 Å². The first-order chi connectivity index (χ1) is 8.48. The largest absolute Gasteiger partial charge is 0.378 e. The molecule has 3 nitrogen and oxygen atoms in total. The maximum atomic E-state index is 5.78. The molecule has 0 aromatic heterocycles. The summed E-state index contributed by atoms with van der Waals surface area (Å²) < 4.78 is 5.78. The predicted octanol–water partition coefficient (Wildman–Crippen LogP) is 2.31. The molecule has 1 heterocycles. The van der Waals surface area contributed by atoms with Gasteiger partial charge in [-0.15, -0.1) is 0 Å². The van der Waals surface area contributed by atoms with Gasteiger partial charge in [-0.1, -0.05) is 20.3 Å². The van der Waals surface area contributed by atoms with E-state index in [0.29, 0.717) is 17.7 Å². The lowest BCUT2D eigenvalue weighted by Gasteiger charge is -2.53. The molecule has 18 heavy (non-hydrogen) atoms. The Morgan fingerprint density at radius 2 is 2.06 bits per heavy atom. The maximum Gasteiger partial charge on any atom is 0.0655 e. The van der Waals surface area contributed by atoms with Gasteiger partial charge in [-0.05, 0) is 39.7 Å². The molecule has 3 heteroatoms. The van der Waals surface area contributed by atoms with Gasteiger partial charge in [0.2, 0.25) is 0 Å². The van der Waals surface area contributed by atoms with Crippen LogP contribution in [0.3, 0.4) is 0 Å². The molecule has 3 atom stereocenters. The Hall–Kier alpha value is -0.120. The van der Waals surface area contributed by atoms with Gasteiger partial charge in [0.15, 0.2) is 0 Å². The standard InChI is InChI=1S/C15H30N2O/c1-5-18-13-10-12(14(13,2)3)16-11-15(4)8-6-7-9-17-15/h12-13,16-17H,5-11H2,1-4H3. The lowest BCUT2D eigenvalue weighted by molar-refractivity contribution is -0.115. The first-order valence-corrected chi connectivity index (χ1v) is 7.58. The third kappa shape index (κ3) is 2.89. The quantitative estimate of drug-likeness (QED) is 0.790. The van der Waals surface area contributed by atoms with Crippen LogP contribution in [0.2, 0.25) is 0 Å². The Balaban J connectivity index is 1.78. The fraction of sp³-hybridized carbons (Fsp3) is 1.00. The average Bonchev–Trinajstić information content (AvgIpc) is 2.33. The molecule has 0 amide bonds. The molecular formula is C15H30N2O. The van der Waals surface area contributed by atoms with Crippen molar-refractivity contribution in [2.75, 3.05) is 19.7 Å². The monoisotopic (exact) mass is 254 g/mol. The number of nitrogens with one attached hydrogen (secondary N) is 2. The summed E-state index contributed by atoms with van der Waals surface area (Å²) >= 11 is 0. The number of ether oxygens (including phenoxy) is 1. The van der Waals surface area contributed by atoms with Crippen molar-refractivity contribution in [1.29, 1.82) is 0 Å². The fourth-order valence-corrected chi connectivity index (χ4v) is 3.33. The van der Waals surface area contributed by atoms with Gasteiger partial charge in [-0.3, -0.25) is 0 Å². The summed E-state index contributed by atoms with van der Waals surface area (Å²) in [6, 6.07) is 0.606. The van der Waals surface area contributed by atoms with Crippen molar-refractivity contribution in [3.63, 3.8) is 0 Å². The Labute approximate surface area is 112 Å². The second-order valence-electron chi connectivity index (χ2n) is 6.88. The summed E-state index contributed by atoms with van der Waals surface area (Å²) in [7, 11) is 0. The highest BCUT2D eigenvalue weighted by atomic mass is 16.5. The number of hydrogen-bond acceptors (Lipinski definition) is 3. The molecule has 0 radical (unpaired) electrons. The smallest absolute Gasteiger partial charge is 0.0655 e. The molecule has 1 saturated carbocycles. The van der Waals surface area contributed by atoms with E-state index in [1.165, 1.54) is 25.8 Å². The van der Waals surface area contributed by atoms with Gasteiger partial charge in [0.25, 0.3) is 0 Å². The Kier molecular flexibility index (Phi) is 4.35. The summed E-state index contributed by atoms with van der Waals surface area (Å²) in [5.41, 5.74) is 0.575. The number of piperidine rings is 1. The van der Waals surface area contributed by atoms with E-state index in [1.807, 2.05) is 0 Å². The Morgan fingerprint density at radius 1 is 1.28 bits per heavy atom. The van der Waals surface area contributed by atoms with E-state index in [-0.39, 0.29) is 5.41 Å². The molecule has 106 valence electrons. The van der Waals surface area contributed by atoms with Crippen molar-refractivity contribution in [2.24, 2.45) is 5.41 Å². The van der Waals surface area contributed by atoms with Crippen molar-refractivity contribution in [1.82, 2.24) is 10.6 Å². The van der Waals surface area contributed by atoms with Crippen LogP contribution in [0.25, 0.3) is 0 Å². The minimum Gasteiger partial charge on any atom is -0.378 e. The summed E-state index contributed by atoms with van der Waals surface area (Å²) in [5.74, 6) is 0. The van der Waals surface area contributed by atoms with Crippen LogP contribution in [0.5, 0.6) is 0 Å². The highest BCUT2D eigenvalue weighted by Crippen LogP contribution is 2.42. The minimum atomic E-state index is 0.279. The third-order valence-corrected chi connectivity index (χ3v) is 4.99. The van der Waals surface area contributed by atoms with Crippen LogP contribution in [0.1, 0.15) is 53.4 Å². The first kappa shape index (κ1) is 14.3. The molecule has 2 N–H and O–H groups in total. The Bertz CT molecular complexity index is 272. The van der Waals surface area contributed by atoms with Gasteiger partial charge in [-0.25, -0.2) is 0 Å². The molecule has 2 fully saturated rings. The summed E-state index contributed by atoms with van der Waals surface area (Å²) in [6.45, 7) is 12.2. The van der Waals surface area contributed by atoms with Gasteiger partial charge in [0, 0.05) is 30.1 Å². The second kappa shape index (κ2) is 5.48. The lowest BCUT2D eigenvalue weighted by Crippen LogP contribution is -2.64. The van der Waals surface area contributed by atoms with Gasteiger partial charge in [0.1, 0.15) is 0 Å². The van der Waals surface area contributed by atoms with E-state index in [9.17, 15) is 0 Å². The van der Waals surface area contributed by atoms with Gasteiger partial charge in [-0.2, -0.15) is 0 Å². The van der Waals surface area contributed by atoms with Crippen LogP contribution < -0.4 is 10.6 Å². The third-order valence-electron chi connectivity index (χ3n) is 4.99. The summed E-state index contributed by atoms with van der Waals surface area (Å²) in [4.78, 5) is 0. The molecule has 1 saturated heterocycles. The number of hydrogen-bond donors (Lipinski definition) is 2. The number of rotatable bonds is 5. The highest BCUT2D eigenvalue weighted by Gasteiger charge is 2.49. The zero-order chi connectivity index (χ0) is 13.2. The molecule has 0 spiro atoms. The minimum absolute atomic E-state index is 0.279. The SMILES string of the molecule is CCOC1CC(NCC2(C)CCCCN2)C1(C)C. The molecule has 0 aromatic rings. The van der Waals surface area contributed by atoms with Crippen molar-refractivity contribution in [3.05, 3.63) is 0 Å². The fourth-order valence-electron chi connectivity index (χ4n) is 3.33. The normalized spacial score (nSPS) is 39.3. The predicted molar refractivity (Wildman–Crippen MR) is 75.9 cm³/mol. The van der Waals surface area contributed by atoms with Crippen molar-refractivity contribution in [2.45, 2.75) is 71.1 Å². The van der Waals surface area contributed by atoms with Gasteiger partial charge >= 0.3 is 0 Å². The van der Waals surface area contributed by atoms with Crippen LogP contribution >= 0.6 is 0 Å². The van der Waals surface area contributed by atoms with Crippen LogP contribution in [0.15, 0.2) is 0 Å². The van der Waals surface area contributed by atoms with Crippen molar-refractivity contribution in [3.8, 4) is 0 Å². The molecular weight excluding hydrogens is 224 g/mol. The van der Waals surface area contributed by atoms with Crippen LogP contribution in [-0.4, -0.2) is 37.4 Å². The van der Waals surface area contributed by atoms with Crippen LogP contribution in [0.4, 0.5) is 0 Å². The molecule has 2 rings (SSSR count). The lowest BCUT2D eigenvalue weighted by atomic mass is 9.64. The zero-order valence-electron chi connectivity index (χ0n) is 12.5. The molecule has 0 bridgehead atoms. The molecule has 0 aromatic carbocycles. The Morgan fingerprint density at radius 3 is 2.61 bits per heavy atom. The van der Waals surface area contributed by atoms with Gasteiger partial charge < -0.3 is 15.4 Å². The molecule has 3 unspecified atom stereocenters. The molecule has 1 aliphatic carbocycles. The first-order valence-electron chi connectivity index (χ1n) is 7.58.